The van der Waals surface area contributed by atoms with E-state index in [-0.39, 0.29) is 6.29 Å². The van der Waals surface area contributed by atoms with Crippen molar-refractivity contribution in [3.63, 3.8) is 0 Å². The molecule has 0 aliphatic carbocycles. The molecule has 21 heavy (non-hydrogen) atoms. The summed E-state index contributed by atoms with van der Waals surface area (Å²) >= 11 is 0. The maximum Gasteiger partial charge on any atom is 0.157 e. The predicted molar refractivity (Wildman–Crippen MR) is 84.3 cm³/mol. The predicted octanol–water partition coefficient (Wildman–Crippen LogP) is 3.05. The fourth-order valence-electron chi connectivity index (χ4n) is 2.78. The Bertz CT molecular complexity index is 378. The quantitative estimate of drug-likeness (QED) is 0.690. The zero-order chi connectivity index (χ0) is 14.9. The van der Waals surface area contributed by atoms with Crippen LogP contribution in [0.1, 0.15) is 43.7 Å². The first-order valence-electron chi connectivity index (χ1n) is 8.04. The van der Waals surface area contributed by atoms with Crippen LogP contribution in [-0.4, -0.2) is 50.0 Å². The van der Waals surface area contributed by atoms with Crippen molar-refractivity contribution >= 4 is 0 Å². The highest BCUT2D eigenvalue weighted by Crippen LogP contribution is 2.21. The Kier molecular flexibility index (Phi) is 7.13. The van der Waals surface area contributed by atoms with Crippen molar-refractivity contribution in [3.05, 3.63) is 30.1 Å². The summed E-state index contributed by atoms with van der Waals surface area (Å²) in [5.74, 6) is 0.470. The van der Waals surface area contributed by atoms with E-state index in [9.17, 15) is 0 Å². The number of pyridine rings is 1. The van der Waals surface area contributed by atoms with Gasteiger partial charge in [0.1, 0.15) is 0 Å². The van der Waals surface area contributed by atoms with Crippen LogP contribution in [0.2, 0.25) is 0 Å². The molecule has 0 unspecified atom stereocenters. The van der Waals surface area contributed by atoms with E-state index in [2.05, 4.69) is 36.1 Å². The van der Waals surface area contributed by atoms with Crippen molar-refractivity contribution in [2.75, 3.05) is 33.9 Å². The number of hydrogen-bond acceptors (Lipinski definition) is 4. The minimum Gasteiger partial charge on any atom is -0.353 e. The van der Waals surface area contributed by atoms with Gasteiger partial charge in [-0.05, 0) is 58.3 Å². The van der Waals surface area contributed by atoms with E-state index >= 15 is 0 Å². The van der Waals surface area contributed by atoms with Crippen LogP contribution in [-0.2, 0) is 9.47 Å². The fourth-order valence-corrected chi connectivity index (χ4v) is 2.78. The average molecular weight is 292 g/mol. The van der Waals surface area contributed by atoms with Crippen LogP contribution >= 0.6 is 0 Å². The lowest BCUT2D eigenvalue weighted by Crippen LogP contribution is -2.24. The zero-order valence-electron chi connectivity index (χ0n) is 13.3. The molecule has 4 heteroatoms. The smallest absolute Gasteiger partial charge is 0.157 e. The van der Waals surface area contributed by atoms with E-state index in [1.807, 2.05) is 12.3 Å². The molecule has 1 aliphatic rings. The summed E-state index contributed by atoms with van der Waals surface area (Å²) in [5.41, 5.74) is 1.18. The Balaban J connectivity index is 1.74. The monoisotopic (exact) mass is 292 g/mol. The summed E-state index contributed by atoms with van der Waals surface area (Å²) in [6.45, 7) is 2.65. The first-order valence-corrected chi connectivity index (χ1v) is 8.04. The zero-order valence-corrected chi connectivity index (χ0v) is 13.3. The third kappa shape index (κ3) is 6.12. The summed E-state index contributed by atoms with van der Waals surface area (Å²) in [6, 6.07) is 6.16. The third-order valence-electron chi connectivity index (χ3n) is 3.83. The van der Waals surface area contributed by atoms with Gasteiger partial charge in [-0.2, -0.15) is 0 Å². The molecular weight excluding hydrogens is 264 g/mol. The first-order chi connectivity index (χ1) is 10.3. The van der Waals surface area contributed by atoms with E-state index in [1.165, 1.54) is 18.5 Å². The molecule has 1 aromatic rings. The van der Waals surface area contributed by atoms with E-state index < -0.39 is 0 Å². The molecule has 4 nitrogen and oxygen atoms in total. The van der Waals surface area contributed by atoms with Crippen molar-refractivity contribution in [2.45, 2.75) is 44.3 Å². The molecule has 0 bridgehead atoms. The van der Waals surface area contributed by atoms with Crippen LogP contribution < -0.4 is 0 Å². The summed E-state index contributed by atoms with van der Waals surface area (Å²) in [7, 11) is 4.23. The van der Waals surface area contributed by atoms with Crippen molar-refractivity contribution < 1.29 is 9.47 Å². The minimum absolute atomic E-state index is 0.0286. The summed E-state index contributed by atoms with van der Waals surface area (Å²) in [5, 5.41) is 0. The van der Waals surface area contributed by atoms with Crippen LogP contribution in [0.25, 0.3) is 0 Å². The van der Waals surface area contributed by atoms with Gasteiger partial charge in [-0.1, -0.05) is 6.07 Å². The molecule has 0 radical (unpaired) electrons. The van der Waals surface area contributed by atoms with E-state index in [0.29, 0.717) is 5.92 Å². The maximum absolute atomic E-state index is 5.82. The van der Waals surface area contributed by atoms with Crippen LogP contribution in [0.15, 0.2) is 24.4 Å². The van der Waals surface area contributed by atoms with Crippen molar-refractivity contribution in [1.82, 2.24) is 9.88 Å². The second kappa shape index (κ2) is 9.13. The van der Waals surface area contributed by atoms with Crippen molar-refractivity contribution in [3.8, 4) is 0 Å². The molecule has 1 aromatic heterocycles. The van der Waals surface area contributed by atoms with Gasteiger partial charge in [-0.15, -0.1) is 0 Å². The fraction of sp³-hybridized carbons (Fsp3) is 0.706. The van der Waals surface area contributed by atoms with Gasteiger partial charge >= 0.3 is 0 Å². The number of aromatic nitrogens is 1. The Hall–Kier alpha value is -0.970. The van der Waals surface area contributed by atoms with Crippen LogP contribution in [0.5, 0.6) is 0 Å². The number of likely N-dealkylation sites (N-methyl/N-ethyl adjacent to an activating group) is 1. The lowest BCUT2D eigenvalue weighted by atomic mass is 9.98. The van der Waals surface area contributed by atoms with Gasteiger partial charge in [0.25, 0.3) is 0 Å². The van der Waals surface area contributed by atoms with Crippen LogP contribution in [0.3, 0.4) is 0 Å². The summed E-state index contributed by atoms with van der Waals surface area (Å²) < 4.78 is 11.4. The second-order valence-electron chi connectivity index (χ2n) is 6.02. The van der Waals surface area contributed by atoms with Crippen LogP contribution in [0.4, 0.5) is 0 Å². The molecule has 1 aliphatic heterocycles. The maximum atomic E-state index is 5.82. The summed E-state index contributed by atoms with van der Waals surface area (Å²) in [6.07, 6.45) is 7.50. The van der Waals surface area contributed by atoms with Gasteiger partial charge in [-0.25, -0.2) is 0 Å². The molecule has 2 rings (SSSR count). The largest absolute Gasteiger partial charge is 0.353 e. The SMILES string of the molecule is CN(C)C[C@H](CCCO[C@@H]1CCCCO1)c1ccccn1. The number of nitrogens with zero attached hydrogens (tertiary/aromatic N) is 2. The van der Waals surface area contributed by atoms with Crippen molar-refractivity contribution in [1.29, 1.82) is 0 Å². The molecule has 0 spiro atoms. The Morgan fingerprint density at radius 2 is 2.29 bits per heavy atom. The molecule has 0 aromatic carbocycles. The number of rotatable bonds is 8. The highest BCUT2D eigenvalue weighted by Gasteiger charge is 2.16. The average Bonchev–Trinajstić information content (AvgIpc) is 2.52. The Morgan fingerprint density at radius 3 is 2.95 bits per heavy atom. The van der Waals surface area contributed by atoms with Gasteiger partial charge in [0.05, 0.1) is 0 Å². The van der Waals surface area contributed by atoms with Gasteiger partial charge in [0, 0.05) is 37.6 Å². The molecular formula is C17H28N2O2. The minimum atomic E-state index is 0.0286. The lowest BCUT2D eigenvalue weighted by Gasteiger charge is -2.24. The van der Waals surface area contributed by atoms with Crippen LogP contribution in [0, 0.1) is 0 Å². The topological polar surface area (TPSA) is 34.6 Å². The van der Waals surface area contributed by atoms with E-state index in [1.54, 1.807) is 0 Å². The molecule has 1 fully saturated rings. The number of ether oxygens (including phenoxy) is 2. The normalized spacial score (nSPS) is 20.6. The molecule has 0 amide bonds. The molecule has 2 atom stereocenters. The number of hydrogen-bond donors (Lipinski definition) is 0. The molecule has 1 saturated heterocycles. The Labute approximate surface area is 128 Å². The molecule has 0 saturated carbocycles. The Morgan fingerprint density at radius 1 is 1.38 bits per heavy atom. The first kappa shape index (κ1) is 16.4. The molecule has 2 heterocycles. The van der Waals surface area contributed by atoms with Gasteiger partial charge in [0.15, 0.2) is 6.29 Å². The van der Waals surface area contributed by atoms with Gasteiger partial charge < -0.3 is 14.4 Å². The lowest BCUT2D eigenvalue weighted by molar-refractivity contribution is -0.162. The molecule has 118 valence electrons. The van der Waals surface area contributed by atoms with Crippen molar-refractivity contribution in [2.24, 2.45) is 0 Å². The van der Waals surface area contributed by atoms with E-state index in [4.69, 9.17) is 9.47 Å². The van der Waals surface area contributed by atoms with Gasteiger partial charge in [-0.3, -0.25) is 4.98 Å². The van der Waals surface area contributed by atoms with E-state index in [0.717, 1.165) is 39.0 Å². The third-order valence-corrected chi connectivity index (χ3v) is 3.83. The summed E-state index contributed by atoms with van der Waals surface area (Å²) in [4.78, 5) is 6.74. The second-order valence-corrected chi connectivity index (χ2v) is 6.02. The highest BCUT2D eigenvalue weighted by atomic mass is 16.7. The highest BCUT2D eigenvalue weighted by molar-refractivity contribution is 5.09. The van der Waals surface area contributed by atoms with Gasteiger partial charge in [0.2, 0.25) is 0 Å². The molecule has 0 N–H and O–H groups in total. The standard InChI is InChI=1S/C17H28N2O2/c1-19(2)14-15(16-9-3-5-11-18-16)8-7-13-21-17-10-4-6-12-20-17/h3,5,9,11,15,17H,4,6-8,10,12-14H2,1-2H3/t15-,17+/m0/s1.